The average Bonchev–Trinajstić information content (AvgIpc) is 2.97. The van der Waals surface area contributed by atoms with Crippen molar-refractivity contribution in [3.63, 3.8) is 0 Å². The normalized spacial score (nSPS) is 16.3. The maximum Gasteiger partial charge on any atom is 0.268 e. The van der Waals surface area contributed by atoms with Gasteiger partial charge in [0.1, 0.15) is 16.4 Å². The first-order chi connectivity index (χ1) is 13.2. The molecular formula is C20H26FN3O3S. The molecule has 0 radical (unpaired) electrons. The van der Waals surface area contributed by atoms with Crippen molar-refractivity contribution in [3.8, 4) is 0 Å². The summed E-state index contributed by atoms with van der Waals surface area (Å²) in [7, 11) is -1.95. The van der Waals surface area contributed by atoms with Crippen molar-refractivity contribution in [1.29, 1.82) is 0 Å². The number of rotatable bonds is 5. The van der Waals surface area contributed by atoms with Gasteiger partial charge in [-0.15, -0.1) is 0 Å². The molecule has 1 aliphatic heterocycles. The minimum atomic E-state index is -3.63. The SMILES string of the molecule is Cc1c(S(=O)(=O)N2CCC(C)CC2)cc(C(=O)NCc2ccc(F)cc2)n1C. The summed E-state index contributed by atoms with van der Waals surface area (Å²) in [6, 6.07) is 7.30. The van der Waals surface area contributed by atoms with Crippen molar-refractivity contribution in [2.75, 3.05) is 13.1 Å². The maximum atomic E-state index is 13.1. The highest BCUT2D eigenvalue weighted by Gasteiger charge is 2.32. The first-order valence-corrected chi connectivity index (χ1v) is 10.8. The van der Waals surface area contributed by atoms with Crippen LogP contribution in [-0.2, 0) is 23.6 Å². The lowest BCUT2D eigenvalue weighted by Crippen LogP contribution is -2.38. The van der Waals surface area contributed by atoms with Crippen LogP contribution >= 0.6 is 0 Å². The van der Waals surface area contributed by atoms with Gasteiger partial charge in [0, 0.05) is 32.4 Å². The van der Waals surface area contributed by atoms with Gasteiger partial charge in [-0.25, -0.2) is 12.8 Å². The molecule has 152 valence electrons. The fourth-order valence-corrected chi connectivity index (χ4v) is 5.13. The fourth-order valence-electron chi connectivity index (χ4n) is 3.39. The number of sulfonamides is 1. The molecule has 0 spiro atoms. The molecule has 1 aliphatic rings. The highest BCUT2D eigenvalue weighted by atomic mass is 32.2. The number of amides is 1. The predicted molar refractivity (Wildman–Crippen MR) is 105 cm³/mol. The summed E-state index contributed by atoms with van der Waals surface area (Å²) in [5, 5.41) is 2.76. The van der Waals surface area contributed by atoms with Crippen molar-refractivity contribution in [3.05, 3.63) is 53.1 Å². The Balaban J connectivity index is 1.78. The van der Waals surface area contributed by atoms with Gasteiger partial charge in [-0.2, -0.15) is 4.31 Å². The number of halogens is 1. The molecule has 1 N–H and O–H groups in total. The lowest BCUT2D eigenvalue weighted by atomic mass is 10.0. The van der Waals surface area contributed by atoms with Gasteiger partial charge >= 0.3 is 0 Å². The van der Waals surface area contributed by atoms with Crippen molar-refractivity contribution in [2.24, 2.45) is 13.0 Å². The zero-order valence-electron chi connectivity index (χ0n) is 16.4. The summed E-state index contributed by atoms with van der Waals surface area (Å²) in [5.74, 6) is -0.185. The Labute approximate surface area is 165 Å². The molecule has 0 aliphatic carbocycles. The van der Waals surface area contributed by atoms with Crippen LogP contribution in [0.3, 0.4) is 0 Å². The van der Waals surface area contributed by atoms with Crippen LogP contribution in [0.2, 0.25) is 0 Å². The van der Waals surface area contributed by atoms with E-state index in [2.05, 4.69) is 12.2 Å². The second kappa shape index (κ2) is 8.05. The largest absolute Gasteiger partial charge is 0.347 e. The average molecular weight is 408 g/mol. The third-order valence-corrected chi connectivity index (χ3v) is 7.46. The molecule has 6 nitrogen and oxygen atoms in total. The molecule has 0 saturated carbocycles. The number of nitrogens with one attached hydrogen (secondary N) is 1. The van der Waals surface area contributed by atoms with Crippen LogP contribution in [0.4, 0.5) is 4.39 Å². The topological polar surface area (TPSA) is 71.4 Å². The summed E-state index contributed by atoms with van der Waals surface area (Å²) in [5.41, 5.74) is 1.57. The van der Waals surface area contributed by atoms with Gasteiger partial charge in [0.05, 0.1) is 0 Å². The number of hydrogen-bond acceptors (Lipinski definition) is 3. The number of benzene rings is 1. The Bertz CT molecular complexity index is 959. The van der Waals surface area contributed by atoms with E-state index in [9.17, 15) is 17.6 Å². The lowest BCUT2D eigenvalue weighted by molar-refractivity contribution is 0.0942. The fraction of sp³-hybridized carbons (Fsp3) is 0.450. The number of piperidine rings is 1. The Hall–Kier alpha value is -2.19. The summed E-state index contributed by atoms with van der Waals surface area (Å²) in [6.07, 6.45) is 1.69. The van der Waals surface area contributed by atoms with Gasteiger partial charge in [0.25, 0.3) is 5.91 Å². The summed E-state index contributed by atoms with van der Waals surface area (Å²) < 4.78 is 42.2. The predicted octanol–water partition coefficient (Wildman–Crippen LogP) is 2.82. The molecule has 1 aromatic heterocycles. The minimum Gasteiger partial charge on any atom is -0.347 e. The summed E-state index contributed by atoms with van der Waals surface area (Å²) >= 11 is 0. The van der Waals surface area contributed by atoms with E-state index in [0.29, 0.717) is 24.7 Å². The number of aromatic nitrogens is 1. The van der Waals surface area contributed by atoms with E-state index in [4.69, 9.17) is 0 Å². The van der Waals surface area contributed by atoms with Gasteiger partial charge in [0.2, 0.25) is 10.0 Å². The third kappa shape index (κ3) is 4.12. The second-order valence-corrected chi connectivity index (χ2v) is 9.34. The monoisotopic (exact) mass is 407 g/mol. The molecule has 0 atom stereocenters. The number of nitrogens with zero attached hydrogens (tertiary/aromatic N) is 2. The first kappa shape index (κ1) is 20.5. The molecule has 1 saturated heterocycles. The van der Waals surface area contributed by atoms with Crippen LogP contribution in [0.1, 0.15) is 41.5 Å². The Morgan fingerprint density at radius 1 is 1.21 bits per heavy atom. The van der Waals surface area contributed by atoms with Crippen LogP contribution < -0.4 is 5.32 Å². The van der Waals surface area contributed by atoms with Gasteiger partial charge in [-0.05, 0) is 49.4 Å². The zero-order valence-corrected chi connectivity index (χ0v) is 17.2. The zero-order chi connectivity index (χ0) is 20.5. The molecule has 3 rings (SSSR count). The summed E-state index contributed by atoms with van der Waals surface area (Å²) in [4.78, 5) is 12.8. The number of carbonyl (C=O) groups excluding carboxylic acids is 1. The van der Waals surface area contributed by atoms with E-state index < -0.39 is 10.0 Å². The third-order valence-electron chi connectivity index (χ3n) is 5.45. The van der Waals surface area contributed by atoms with Crippen LogP contribution in [0, 0.1) is 18.7 Å². The van der Waals surface area contributed by atoms with E-state index in [1.165, 1.54) is 22.5 Å². The second-order valence-electron chi connectivity index (χ2n) is 7.43. The van der Waals surface area contributed by atoms with Gasteiger partial charge in [0.15, 0.2) is 0 Å². The van der Waals surface area contributed by atoms with E-state index in [1.807, 2.05) is 0 Å². The molecule has 1 aromatic carbocycles. The number of carbonyl (C=O) groups is 1. The molecule has 0 bridgehead atoms. The molecule has 8 heteroatoms. The van der Waals surface area contributed by atoms with Gasteiger partial charge in [-0.1, -0.05) is 19.1 Å². The summed E-state index contributed by atoms with van der Waals surface area (Å²) in [6.45, 7) is 5.07. The Kier molecular flexibility index (Phi) is 5.90. The lowest BCUT2D eigenvalue weighted by Gasteiger charge is -2.29. The standard InChI is InChI=1S/C20H26FN3O3S/c1-14-8-10-24(11-9-14)28(26,27)19-12-18(23(3)15(19)2)20(25)22-13-16-4-6-17(21)7-5-16/h4-7,12,14H,8-11,13H2,1-3H3,(H,22,25). The molecule has 1 fully saturated rings. The van der Waals surface area contributed by atoms with E-state index >= 15 is 0 Å². The van der Waals surface area contributed by atoms with E-state index in [-0.39, 0.29) is 28.9 Å². The minimum absolute atomic E-state index is 0.177. The van der Waals surface area contributed by atoms with Crippen LogP contribution in [-0.4, -0.2) is 36.3 Å². The van der Waals surface area contributed by atoms with Crippen molar-refractivity contribution >= 4 is 15.9 Å². The van der Waals surface area contributed by atoms with Crippen LogP contribution in [0.15, 0.2) is 35.2 Å². The van der Waals surface area contributed by atoms with E-state index in [0.717, 1.165) is 18.4 Å². The van der Waals surface area contributed by atoms with Gasteiger partial charge < -0.3 is 9.88 Å². The quantitative estimate of drug-likeness (QED) is 0.829. The Morgan fingerprint density at radius 3 is 2.43 bits per heavy atom. The highest BCUT2D eigenvalue weighted by Crippen LogP contribution is 2.27. The molecule has 1 amide bonds. The van der Waals surface area contributed by atoms with Crippen molar-refractivity contribution < 1.29 is 17.6 Å². The molecular weight excluding hydrogens is 381 g/mol. The first-order valence-electron chi connectivity index (χ1n) is 9.39. The molecule has 2 aromatic rings. The van der Waals surface area contributed by atoms with Crippen LogP contribution in [0.25, 0.3) is 0 Å². The maximum absolute atomic E-state index is 13.1. The molecule has 0 unspecified atom stereocenters. The van der Waals surface area contributed by atoms with Crippen molar-refractivity contribution in [2.45, 2.75) is 38.1 Å². The van der Waals surface area contributed by atoms with Crippen molar-refractivity contribution in [1.82, 2.24) is 14.2 Å². The molecule has 2 heterocycles. The van der Waals surface area contributed by atoms with Gasteiger partial charge in [-0.3, -0.25) is 4.79 Å². The van der Waals surface area contributed by atoms with Crippen LogP contribution in [0.5, 0.6) is 0 Å². The number of hydrogen-bond donors (Lipinski definition) is 1. The highest BCUT2D eigenvalue weighted by molar-refractivity contribution is 7.89. The van der Waals surface area contributed by atoms with E-state index in [1.54, 1.807) is 30.7 Å². The smallest absolute Gasteiger partial charge is 0.268 e. The Morgan fingerprint density at radius 2 is 1.82 bits per heavy atom. The molecule has 28 heavy (non-hydrogen) atoms.